The van der Waals surface area contributed by atoms with Crippen LogP contribution in [0.25, 0.3) is 11.4 Å². The highest BCUT2D eigenvalue weighted by Crippen LogP contribution is 2.26. The maximum absolute atomic E-state index is 6.01. The molecule has 1 saturated heterocycles. The Bertz CT molecular complexity index is 592. The summed E-state index contributed by atoms with van der Waals surface area (Å²) in [5, 5.41) is 11.8. The van der Waals surface area contributed by atoms with Crippen molar-refractivity contribution in [3.05, 3.63) is 28.2 Å². The van der Waals surface area contributed by atoms with Gasteiger partial charge in [-0.2, -0.15) is 4.98 Å². The molecule has 7 heteroatoms. The second-order valence-corrected chi connectivity index (χ2v) is 5.82. The molecule has 1 unspecified atom stereocenters. The van der Waals surface area contributed by atoms with E-state index in [1.165, 1.54) is 0 Å². The van der Waals surface area contributed by atoms with Crippen LogP contribution in [-0.2, 0) is 0 Å². The summed E-state index contributed by atoms with van der Waals surface area (Å²) in [4.78, 5) is 6.70. The molecule has 2 heterocycles. The van der Waals surface area contributed by atoms with Gasteiger partial charge in [0.15, 0.2) is 5.82 Å². The van der Waals surface area contributed by atoms with Crippen LogP contribution in [0.1, 0.15) is 6.92 Å². The van der Waals surface area contributed by atoms with Crippen LogP contribution in [0.3, 0.4) is 0 Å². The Labute approximate surface area is 127 Å². The fraction of sp³-hybridized carbons (Fsp3) is 0.385. The second kappa shape index (κ2) is 5.60. The first-order chi connectivity index (χ1) is 9.61. The van der Waals surface area contributed by atoms with Crippen molar-refractivity contribution < 1.29 is 0 Å². The molecule has 1 aliphatic rings. The van der Waals surface area contributed by atoms with E-state index in [-0.39, 0.29) is 0 Å². The SMILES string of the molecule is CC1CN(c2n[nH]c(-c3cc(Cl)cc(Cl)c3)n2)CCN1. The Morgan fingerprint density at radius 2 is 2.00 bits per heavy atom. The van der Waals surface area contributed by atoms with Gasteiger partial charge in [0.2, 0.25) is 5.95 Å². The molecule has 0 bridgehead atoms. The number of nitrogens with one attached hydrogen (secondary N) is 2. The third kappa shape index (κ3) is 2.90. The number of piperazine rings is 1. The number of aromatic nitrogens is 3. The highest BCUT2D eigenvalue weighted by molar-refractivity contribution is 6.35. The number of rotatable bonds is 2. The molecule has 20 heavy (non-hydrogen) atoms. The van der Waals surface area contributed by atoms with E-state index in [1.54, 1.807) is 6.07 Å². The van der Waals surface area contributed by atoms with Crippen LogP contribution in [0, 0.1) is 0 Å². The molecule has 1 aromatic carbocycles. The summed E-state index contributed by atoms with van der Waals surface area (Å²) in [7, 11) is 0. The van der Waals surface area contributed by atoms with Gasteiger partial charge >= 0.3 is 0 Å². The lowest BCUT2D eigenvalue weighted by atomic mass is 10.2. The smallest absolute Gasteiger partial charge is 0.245 e. The molecule has 106 valence electrons. The van der Waals surface area contributed by atoms with Crippen LogP contribution in [0.5, 0.6) is 0 Å². The first-order valence-corrected chi connectivity index (χ1v) is 7.24. The minimum Gasteiger partial charge on any atom is -0.337 e. The Kier molecular flexibility index (Phi) is 3.83. The third-order valence-electron chi connectivity index (χ3n) is 3.26. The van der Waals surface area contributed by atoms with E-state index in [0.717, 1.165) is 25.2 Å². The first-order valence-electron chi connectivity index (χ1n) is 6.49. The maximum Gasteiger partial charge on any atom is 0.245 e. The van der Waals surface area contributed by atoms with Crippen LogP contribution < -0.4 is 10.2 Å². The van der Waals surface area contributed by atoms with Crippen molar-refractivity contribution in [2.75, 3.05) is 24.5 Å². The van der Waals surface area contributed by atoms with Crippen molar-refractivity contribution in [2.24, 2.45) is 0 Å². The van der Waals surface area contributed by atoms with Crippen molar-refractivity contribution in [1.82, 2.24) is 20.5 Å². The minimum absolute atomic E-state index is 0.436. The van der Waals surface area contributed by atoms with Crippen LogP contribution in [0.2, 0.25) is 10.0 Å². The van der Waals surface area contributed by atoms with Gasteiger partial charge < -0.3 is 10.2 Å². The number of H-pyrrole nitrogens is 1. The molecular formula is C13H15Cl2N5. The first kappa shape index (κ1) is 13.7. The van der Waals surface area contributed by atoms with Gasteiger partial charge in [-0.05, 0) is 25.1 Å². The van der Waals surface area contributed by atoms with Gasteiger partial charge in [-0.15, -0.1) is 5.10 Å². The molecule has 2 N–H and O–H groups in total. The Morgan fingerprint density at radius 3 is 2.70 bits per heavy atom. The summed E-state index contributed by atoms with van der Waals surface area (Å²) in [5.41, 5.74) is 0.837. The van der Waals surface area contributed by atoms with Gasteiger partial charge in [0.05, 0.1) is 0 Å². The van der Waals surface area contributed by atoms with Gasteiger partial charge in [-0.3, -0.25) is 5.10 Å². The molecule has 1 atom stereocenters. The number of nitrogens with zero attached hydrogens (tertiary/aromatic N) is 3. The lowest BCUT2D eigenvalue weighted by molar-refractivity contribution is 0.480. The fourth-order valence-electron chi connectivity index (χ4n) is 2.33. The molecule has 0 amide bonds. The summed E-state index contributed by atoms with van der Waals surface area (Å²) >= 11 is 12.0. The fourth-order valence-corrected chi connectivity index (χ4v) is 2.85. The van der Waals surface area contributed by atoms with Gasteiger partial charge in [0.25, 0.3) is 0 Å². The zero-order chi connectivity index (χ0) is 14.1. The summed E-state index contributed by atoms with van der Waals surface area (Å²) < 4.78 is 0. The molecule has 0 aliphatic carbocycles. The number of hydrogen-bond acceptors (Lipinski definition) is 4. The zero-order valence-electron chi connectivity index (χ0n) is 11.0. The Morgan fingerprint density at radius 1 is 1.25 bits per heavy atom. The van der Waals surface area contributed by atoms with E-state index >= 15 is 0 Å². The van der Waals surface area contributed by atoms with Crippen LogP contribution in [0.4, 0.5) is 5.95 Å². The molecule has 1 fully saturated rings. The lowest BCUT2D eigenvalue weighted by Gasteiger charge is -2.30. The number of hydrogen-bond donors (Lipinski definition) is 2. The monoisotopic (exact) mass is 311 g/mol. The Balaban J connectivity index is 1.86. The average molecular weight is 312 g/mol. The average Bonchev–Trinajstić information content (AvgIpc) is 2.87. The minimum atomic E-state index is 0.436. The Hall–Kier alpha value is -1.30. The number of aromatic amines is 1. The van der Waals surface area contributed by atoms with Crippen molar-refractivity contribution in [2.45, 2.75) is 13.0 Å². The molecule has 1 aliphatic heterocycles. The molecule has 3 rings (SSSR count). The third-order valence-corrected chi connectivity index (χ3v) is 3.70. The van der Waals surface area contributed by atoms with E-state index in [9.17, 15) is 0 Å². The molecule has 1 aromatic heterocycles. The molecular weight excluding hydrogens is 297 g/mol. The van der Waals surface area contributed by atoms with Crippen LogP contribution in [0.15, 0.2) is 18.2 Å². The summed E-state index contributed by atoms with van der Waals surface area (Å²) in [6.07, 6.45) is 0. The number of benzene rings is 1. The van der Waals surface area contributed by atoms with E-state index in [4.69, 9.17) is 23.2 Å². The number of anilines is 1. The van der Waals surface area contributed by atoms with Crippen LogP contribution >= 0.6 is 23.2 Å². The molecule has 0 spiro atoms. The second-order valence-electron chi connectivity index (χ2n) is 4.94. The van der Waals surface area contributed by atoms with Gasteiger partial charge in [-0.25, -0.2) is 0 Å². The van der Waals surface area contributed by atoms with Crippen LogP contribution in [-0.4, -0.2) is 40.9 Å². The van der Waals surface area contributed by atoms with Crippen molar-refractivity contribution in [3.8, 4) is 11.4 Å². The molecule has 2 aromatic rings. The van der Waals surface area contributed by atoms with E-state index in [0.29, 0.717) is 27.9 Å². The topological polar surface area (TPSA) is 56.8 Å². The lowest BCUT2D eigenvalue weighted by Crippen LogP contribution is -2.49. The highest BCUT2D eigenvalue weighted by atomic mass is 35.5. The molecule has 5 nitrogen and oxygen atoms in total. The van der Waals surface area contributed by atoms with Gasteiger partial charge in [-0.1, -0.05) is 23.2 Å². The standard InChI is InChI=1S/C13H15Cl2N5/c1-8-7-20(3-2-16-8)13-17-12(18-19-13)9-4-10(14)6-11(15)5-9/h4-6,8,16H,2-3,7H2,1H3,(H,17,18,19). The molecule has 0 radical (unpaired) electrons. The normalized spacial score (nSPS) is 19.4. The van der Waals surface area contributed by atoms with E-state index in [2.05, 4.69) is 32.3 Å². The zero-order valence-corrected chi connectivity index (χ0v) is 12.5. The maximum atomic E-state index is 6.01. The van der Waals surface area contributed by atoms with E-state index < -0.39 is 0 Å². The van der Waals surface area contributed by atoms with Gasteiger partial charge in [0, 0.05) is 41.3 Å². The van der Waals surface area contributed by atoms with E-state index in [1.807, 2.05) is 12.1 Å². The summed E-state index contributed by atoms with van der Waals surface area (Å²) in [6, 6.07) is 5.77. The highest BCUT2D eigenvalue weighted by Gasteiger charge is 2.19. The summed E-state index contributed by atoms with van der Waals surface area (Å²) in [5.74, 6) is 1.39. The van der Waals surface area contributed by atoms with Crippen molar-refractivity contribution >= 4 is 29.2 Å². The summed E-state index contributed by atoms with van der Waals surface area (Å²) in [6.45, 7) is 4.88. The van der Waals surface area contributed by atoms with Crippen molar-refractivity contribution in [3.63, 3.8) is 0 Å². The predicted molar refractivity (Wildman–Crippen MR) is 81.5 cm³/mol. The largest absolute Gasteiger partial charge is 0.337 e. The van der Waals surface area contributed by atoms with Crippen molar-refractivity contribution in [1.29, 1.82) is 0 Å². The quantitative estimate of drug-likeness (QED) is 0.895. The molecule has 0 saturated carbocycles. The van der Waals surface area contributed by atoms with Gasteiger partial charge in [0.1, 0.15) is 0 Å². The predicted octanol–water partition coefficient (Wildman–Crippen LogP) is 2.58. The number of halogens is 2.